The summed E-state index contributed by atoms with van der Waals surface area (Å²) in [5.74, 6) is 0.530. The number of amides is 1. The van der Waals surface area contributed by atoms with Crippen molar-refractivity contribution in [3.8, 4) is 0 Å². The summed E-state index contributed by atoms with van der Waals surface area (Å²) in [5, 5.41) is 2.52. The highest BCUT2D eigenvalue weighted by Crippen LogP contribution is 2.21. The summed E-state index contributed by atoms with van der Waals surface area (Å²) in [7, 11) is 0. The average molecular weight is 436 g/mol. The second-order valence-corrected chi connectivity index (χ2v) is 8.55. The Morgan fingerprint density at radius 3 is 2.74 bits per heavy atom. The fourth-order valence-corrected chi connectivity index (χ4v) is 4.67. The van der Waals surface area contributed by atoms with Crippen molar-refractivity contribution >= 4 is 34.2 Å². The number of thiazole rings is 1. The quantitative estimate of drug-likeness (QED) is 0.524. The molecule has 5 rings (SSSR count). The predicted octanol–water partition coefficient (Wildman–Crippen LogP) is 4.10. The van der Waals surface area contributed by atoms with E-state index >= 15 is 0 Å². The molecule has 1 N–H and O–H groups in total. The van der Waals surface area contributed by atoms with Gasteiger partial charge in [0.25, 0.3) is 5.91 Å². The number of anilines is 1. The van der Waals surface area contributed by atoms with E-state index in [4.69, 9.17) is 0 Å². The van der Waals surface area contributed by atoms with Crippen LogP contribution in [0.4, 0.5) is 10.3 Å². The molecule has 3 heterocycles. The third-order valence-electron chi connectivity index (χ3n) is 5.53. The summed E-state index contributed by atoms with van der Waals surface area (Å²) in [6.45, 7) is 2.82. The summed E-state index contributed by atoms with van der Waals surface area (Å²) in [6.07, 6.45) is 1.25. The number of imidazole rings is 1. The van der Waals surface area contributed by atoms with Gasteiger partial charge in [0.1, 0.15) is 11.5 Å². The highest BCUT2D eigenvalue weighted by atomic mass is 32.1. The van der Waals surface area contributed by atoms with E-state index in [-0.39, 0.29) is 11.7 Å². The number of aromatic amines is 1. The van der Waals surface area contributed by atoms with Gasteiger partial charge in [-0.2, -0.15) is 0 Å². The molecule has 2 aromatic carbocycles. The molecule has 0 radical (unpaired) electrons. The zero-order valence-electron chi connectivity index (χ0n) is 16.9. The van der Waals surface area contributed by atoms with E-state index in [1.54, 1.807) is 17.5 Å². The van der Waals surface area contributed by atoms with Crippen molar-refractivity contribution in [3.05, 3.63) is 76.0 Å². The molecule has 1 aliphatic rings. The third-order valence-corrected chi connectivity index (χ3v) is 6.38. The lowest BCUT2D eigenvalue weighted by molar-refractivity contribution is 0.0761. The number of aromatic nitrogens is 3. The summed E-state index contributed by atoms with van der Waals surface area (Å²) in [5.41, 5.74) is 2.99. The van der Waals surface area contributed by atoms with Gasteiger partial charge in [-0.3, -0.25) is 4.79 Å². The number of nitrogens with zero attached hydrogens (tertiary/aromatic N) is 4. The van der Waals surface area contributed by atoms with E-state index < -0.39 is 0 Å². The van der Waals surface area contributed by atoms with Crippen LogP contribution in [-0.4, -0.2) is 51.9 Å². The second-order valence-electron chi connectivity index (χ2n) is 7.61. The van der Waals surface area contributed by atoms with Crippen molar-refractivity contribution in [1.82, 2.24) is 19.9 Å². The number of para-hydroxylation sites is 2. The molecule has 2 aromatic heterocycles. The second kappa shape index (κ2) is 8.47. The molecule has 1 saturated heterocycles. The van der Waals surface area contributed by atoms with E-state index in [0.29, 0.717) is 37.3 Å². The lowest BCUT2D eigenvalue weighted by Crippen LogP contribution is -2.35. The van der Waals surface area contributed by atoms with Crippen molar-refractivity contribution in [3.63, 3.8) is 0 Å². The van der Waals surface area contributed by atoms with E-state index in [9.17, 15) is 9.18 Å². The van der Waals surface area contributed by atoms with Gasteiger partial charge in [0.2, 0.25) is 5.95 Å². The molecule has 0 unspecified atom stereocenters. The summed E-state index contributed by atoms with van der Waals surface area (Å²) >= 11 is 1.40. The highest BCUT2D eigenvalue weighted by Gasteiger charge is 2.23. The molecule has 0 atom stereocenters. The molecule has 1 fully saturated rings. The van der Waals surface area contributed by atoms with Gasteiger partial charge in [0, 0.05) is 38.0 Å². The monoisotopic (exact) mass is 435 g/mol. The van der Waals surface area contributed by atoms with Gasteiger partial charge in [-0.1, -0.05) is 30.3 Å². The molecule has 4 aromatic rings. The van der Waals surface area contributed by atoms with E-state index in [0.717, 1.165) is 35.0 Å². The smallest absolute Gasteiger partial charge is 0.273 e. The Morgan fingerprint density at radius 2 is 1.87 bits per heavy atom. The normalized spacial score (nSPS) is 14.7. The Kier molecular flexibility index (Phi) is 5.38. The fourth-order valence-electron chi connectivity index (χ4n) is 3.88. The summed E-state index contributed by atoms with van der Waals surface area (Å²) < 4.78 is 13.9. The maximum absolute atomic E-state index is 13.9. The molecule has 31 heavy (non-hydrogen) atoms. The van der Waals surface area contributed by atoms with Crippen molar-refractivity contribution in [2.24, 2.45) is 0 Å². The number of H-pyrrole nitrogens is 1. The van der Waals surface area contributed by atoms with Crippen LogP contribution in [0, 0.1) is 5.82 Å². The zero-order chi connectivity index (χ0) is 21.2. The average Bonchev–Trinajstić information content (AvgIpc) is 3.35. The number of carbonyl (C=O) groups is 1. The first kappa shape index (κ1) is 19.7. The standard InChI is InChI=1S/C23H22FN5OS/c24-17-7-2-1-6-16(17)14-21-25-20(15-31-21)22(30)28-10-5-11-29(13-12-28)23-26-18-8-3-4-9-19(18)27-23/h1-4,6-9,15H,5,10-14H2,(H,26,27). The molecular weight excluding hydrogens is 413 g/mol. The van der Waals surface area contributed by atoms with E-state index in [2.05, 4.69) is 19.9 Å². The minimum atomic E-state index is -0.247. The molecule has 0 bridgehead atoms. The SMILES string of the molecule is O=C(c1csc(Cc2ccccc2F)n1)N1CCCN(c2nc3ccccc3[nH]2)CC1. The van der Waals surface area contributed by atoms with Crippen LogP contribution in [0.3, 0.4) is 0 Å². The van der Waals surface area contributed by atoms with Crippen LogP contribution in [0.2, 0.25) is 0 Å². The number of fused-ring (bicyclic) bond motifs is 1. The maximum Gasteiger partial charge on any atom is 0.273 e. The van der Waals surface area contributed by atoms with Crippen LogP contribution < -0.4 is 4.90 Å². The van der Waals surface area contributed by atoms with Crippen molar-refractivity contribution < 1.29 is 9.18 Å². The zero-order valence-corrected chi connectivity index (χ0v) is 17.7. The molecule has 8 heteroatoms. The molecular formula is C23H22FN5OS. The number of benzene rings is 2. The highest BCUT2D eigenvalue weighted by molar-refractivity contribution is 7.09. The largest absolute Gasteiger partial charge is 0.341 e. The van der Waals surface area contributed by atoms with Gasteiger partial charge in [-0.15, -0.1) is 11.3 Å². The number of nitrogens with one attached hydrogen (secondary N) is 1. The van der Waals surface area contributed by atoms with Crippen LogP contribution in [0.5, 0.6) is 0 Å². The lowest BCUT2D eigenvalue weighted by Gasteiger charge is -2.21. The number of hydrogen-bond acceptors (Lipinski definition) is 5. The fraction of sp³-hybridized carbons (Fsp3) is 0.261. The molecule has 1 aliphatic heterocycles. The number of rotatable bonds is 4. The van der Waals surface area contributed by atoms with Gasteiger partial charge < -0.3 is 14.8 Å². The summed E-state index contributed by atoms with van der Waals surface area (Å²) in [4.78, 5) is 29.6. The van der Waals surface area contributed by atoms with Crippen LogP contribution in [0.15, 0.2) is 53.9 Å². The minimum Gasteiger partial charge on any atom is -0.341 e. The van der Waals surface area contributed by atoms with Crippen LogP contribution >= 0.6 is 11.3 Å². The van der Waals surface area contributed by atoms with E-state index in [1.165, 1.54) is 17.4 Å². The Morgan fingerprint density at radius 1 is 1.03 bits per heavy atom. The first-order chi connectivity index (χ1) is 15.2. The van der Waals surface area contributed by atoms with Gasteiger partial charge in [0.05, 0.1) is 16.0 Å². The molecule has 0 aliphatic carbocycles. The third kappa shape index (κ3) is 4.16. The predicted molar refractivity (Wildman–Crippen MR) is 120 cm³/mol. The van der Waals surface area contributed by atoms with Crippen LogP contribution in [-0.2, 0) is 6.42 Å². The van der Waals surface area contributed by atoms with Crippen LogP contribution in [0.1, 0.15) is 27.5 Å². The van der Waals surface area contributed by atoms with Gasteiger partial charge in [0.15, 0.2) is 0 Å². The number of hydrogen-bond donors (Lipinski definition) is 1. The lowest BCUT2D eigenvalue weighted by atomic mass is 10.1. The number of carbonyl (C=O) groups excluding carboxylic acids is 1. The van der Waals surface area contributed by atoms with Crippen molar-refractivity contribution in [2.45, 2.75) is 12.8 Å². The Balaban J connectivity index is 1.25. The molecule has 0 spiro atoms. The Labute approximate surface area is 183 Å². The Hall–Kier alpha value is -3.26. The van der Waals surface area contributed by atoms with Gasteiger partial charge in [-0.05, 0) is 30.2 Å². The molecule has 1 amide bonds. The number of halogens is 1. The van der Waals surface area contributed by atoms with Gasteiger partial charge >= 0.3 is 0 Å². The van der Waals surface area contributed by atoms with E-state index in [1.807, 2.05) is 35.2 Å². The minimum absolute atomic E-state index is 0.0671. The maximum atomic E-state index is 13.9. The summed E-state index contributed by atoms with van der Waals surface area (Å²) in [6, 6.07) is 14.6. The molecule has 6 nitrogen and oxygen atoms in total. The van der Waals surface area contributed by atoms with Gasteiger partial charge in [-0.25, -0.2) is 14.4 Å². The molecule has 0 saturated carbocycles. The Bertz CT molecular complexity index is 1190. The topological polar surface area (TPSA) is 65.1 Å². The first-order valence-corrected chi connectivity index (χ1v) is 11.2. The van der Waals surface area contributed by atoms with Crippen molar-refractivity contribution in [2.75, 3.05) is 31.1 Å². The van der Waals surface area contributed by atoms with Crippen molar-refractivity contribution in [1.29, 1.82) is 0 Å². The first-order valence-electron chi connectivity index (χ1n) is 10.3. The van der Waals surface area contributed by atoms with Crippen LogP contribution in [0.25, 0.3) is 11.0 Å². The molecule has 158 valence electrons.